The van der Waals surface area contributed by atoms with Crippen LogP contribution in [0.2, 0.25) is 0 Å². The topological polar surface area (TPSA) is 132 Å². The summed E-state index contributed by atoms with van der Waals surface area (Å²) in [5, 5.41) is 2.66. The van der Waals surface area contributed by atoms with E-state index in [1.807, 2.05) is 6.92 Å². The Balaban J connectivity index is 1.65. The molecule has 1 fully saturated rings. The average Bonchev–Trinajstić information content (AvgIpc) is 3.19. The van der Waals surface area contributed by atoms with Gasteiger partial charge in [-0.1, -0.05) is 0 Å². The molecule has 2 unspecified atom stereocenters. The van der Waals surface area contributed by atoms with Crippen molar-refractivity contribution in [3.8, 4) is 5.88 Å². The van der Waals surface area contributed by atoms with Gasteiger partial charge in [-0.05, 0) is 25.1 Å². The summed E-state index contributed by atoms with van der Waals surface area (Å²) < 4.78 is 25.6. The zero-order valence-electron chi connectivity index (χ0n) is 17.0. The lowest BCUT2D eigenvalue weighted by Gasteiger charge is -2.37. The number of nitrogens with two attached hydrogens (primary N) is 1. The van der Waals surface area contributed by atoms with Gasteiger partial charge >= 0.3 is 0 Å². The summed E-state index contributed by atoms with van der Waals surface area (Å²) in [7, 11) is 1.51. The van der Waals surface area contributed by atoms with Crippen molar-refractivity contribution in [1.82, 2.24) is 14.9 Å². The Labute approximate surface area is 177 Å². The van der Waals surface area contributed by atoms with Crippen LogP contribution in [0.25, 0.3) is 0 Å². The van der Waals surface area contributed by atoms with E-state index in [9.17, 15) is 14.0 Å². The Morgan fingerprint density at radius 1 is 1.42 bits per heavy atom. The molecule has 4 rings (SSSR count). The van der Waals surface area contributed by atoms with Crippen molar-refractivity contribution in [1.29, 1.82) is 0 Å². The zero-order chi connectivity index (χ0) is 22.2. The maximum atomic E-state index is 14.9. The number of nitrogens with one attached hydrogen (secondary N) is 1. The Kier molecular flexibility index (Phi) is 5.27. The van der Waals surface area contributed by atoms with Gasteiger partial charge in [-0.25, -0.2) is 19.4 Å². The second-order valence-corrected chi connectivity index (χ2v) is 7.18. The molecule has 1 saturated heterocycles. The fourth-order valence-electron chi connectivity index (χ4n) is 3.69. The molecule has 0 aliphatic carbocycles. The Morgan fingerprint density at radius 3 is 2.94 bits per heavy atom. The molecule has 0 radical (unpaired) electrons. The smallest absolute Gasteiger partial charge is 0.275 e. The third kappa shape index (κ3) is 3.56. The number of ether oxygens (including phenoxy) is 2. The number of hydrogen-bond acceptors (Lipinski definition) is 8. The van der Waals surface area contributed by atoms with Gasteiger partial charge in [0.05, 0.1) is 38.1 Å². The highest BCUT2D eigenvalue weighted by atomic mass is 19.1. The maximum Gasteiger partial charge on any atom is 0.275 e. The Hall–Kier alpha value is -3.60. The molecule has 162 valence electrons. The number of anilines is 1. The third-order valence-electron chi connectivity index (χ3n) is 5.31. The van der Waals surface area contributed by atoms with E-state index in [0.717, 1.165) is 0 Å². The molecule has 1 aromatic carbocycles. The van der Waals surface area contributed by atoms with Gasteiger partial charge in [0.1, 0.15) is 17.1 Å². The van der Waals surface area contributed by atoms with E-state index >= 15 is 0 Å². The van der Waals surface area contributed by atoms with Crippen molar-refractivity contribution in [3.63, 3.8) is 0 Å². The number of nitrogens with zero attached hydrogens (tertiary/aromatic N) is 4. The van der Waals surface area contributed by atoms with Gasteiger partial charge < -0.3 is 20.5 Å². The first-order valence-electron chi connectivity index (χ1n) is 9.62. The summed E-state index contributed by atoms with van der Waals surface area (Å²) in [6, 6.07) is 4.05. The van der Waals surface area contributed by atoms with Crippen LogP contribution in [0.1, 0.15) is 23.0 Å². The lowest BCUT2D eigenvalue weighted by atomic mass is 9.78. The molecular formula is C20H21FN6O4. The van der Waals surface area contributed by atoms with Crippen molar-refractivity contribution < 1.29 is 23.5 Å². The number of guanidine groups is 1. The molecule has 0 bridgehead atoms. The summed E-state index contributed by atoms with van der Waals surface area (Å²) in [4.78, 5) is 38.9. The molecule has 1 aromatic heterocycles. The van der Waals surface area contributed by atoms with E-state index < -0.39 is 23.2 Å². The fourth-order valence-corrected chi connectivity index (χ4v) is 3.69. The highest BCUT2D eigenvalue weighted by molar-refractivity contribution is 6.03. The van der Waals surface area contributed by atoms with Crippen LogP contribution in [0, 0.1) is 11.7 Å². The highest BCUT2D eigenvalue weighted by Gasteiger charge is 2.54. The van der Waals surface area contributed by atoms with Crippen LogP contribution >= 0.6 is 0 Å². The number of fused-ring (bicyclic) bond motifs is 1. The zero-order valence-corrected chi connectivity index (χ0v) is 17.0. The average molecular weight is 428 g/mol. The van der Waals surface area contributed by atoms with E-state index in [1.54, 1.807) is 0 Å². The summed E-state index contributed by atoms with van der Waals surface area (Å²) in [5.74, 6) is -1.86. The van der Waals surface area contributed by atoms with E-state index in [0.29, 0.717) is 18.2 Å². The van der Waals surface area contributed by atoms with Crippen molar-refractivity contribution in [2.75, 3.05) is 32.2 Å². The first kappa shape index (κ1) is 20.7. The van der Waals surface area contributed by atoms with Gasteiger partial charge in [-0.3, -0.25) is 14.5 Å². The normalized spacial score (nSPS) is 22.7. The molecule has 3 heterocycles. The van der Waals surface area contributed by atoms with Gasteiger partial charge in [-0.2, -0.15) is 0 Å². The second-order valence-electron chi connectivity index (χ2n) is 7.18. The van der Waals surface area contributed by atoms with Crippen molar-refractivity contribution >= 4 is 23.5 Å². The molecule has 0 saturated carbocycles. The number of carbonyl (C=O) groups excluding carboxylic acids is 2. The molecule has 2 amide bonds. The molecular weight excluding hydrogens is 407 g/mol. The number of aliphatic imine (C=N–C) groups is 1. The van der Waals surface area contributed by atoms with Gasteiger partial charge in [0.15, 0.2) is 5.96 Å². The van der Waals surface area contributed by atoms with E-state index in [-0.39, 0.29) is 36.3 Å². The fraction of sp³-hybridized carbons (Fsp3) is 0.350. The van der Waals surface area contributed by atoms with Crippen molar-refractivity contribution in [3.05, 3.63) is 47.7 Å². The summed E-state index contributed by atoms with van der Waals surface area (Å²) in [6.45, 7) is 2.33. The lowest BCUT2D eigenvalue weighted by Crippen LogP contribution is -2.54. The summed E-state index contributed by atoms with van der Waals surface area (Å²) in [5.41, 5.74) is 5.10. The number of amides is 2. The van der Waals surface area contributed by atoms with Crippen LogP contribution in [0.15, 0.2) is 35.6 Å². The summed E-state index contributed by atoms with van der Waals surface area (Å²) >= 11 is 0. The molecule has 2 aliphatic rings. The lowest BCUT2D eigenvalue weighted by molar-refractivity contribution is -0.133. The van der Waals surface area contributed by atoms with Gasteiger partial charge in [0, 0.05) is 18.3 Å². The molecule has 31 heavy (non-hydrogen) atoms. The van der Waals surface area contributed by atoms with Crippen LogP contribution in [0.4, 0.5) is 10.1 Å². The first-order valence-corrected chi connectivity index (χ1v) is 9.62. The van der Waals surface area contributed by atoms with Crippen molar-refractivity contribution in [2.24, 2.45) is 16.6 Å². The second kappa shape index (κ2) is 7.91. The predicted octanol–water partition coefficient (Wildman–Crippen LogP) is 0.895. The minimum atomic E-state index is -1.29. The molecule has 11 heteroatoms. The summed E-state index contributed by atoms with van der Waals surface area (Å²) in [6.07, 6.45) is 2.63. The molecule has 3 N–H and O–H groups in total. The van der Waals surface area contributed by atoms with Gasteiger partial charge in [0.25, 0.3) is 5.91 Å². The van der Waals surface area contributed by atoms with Crippen LogP contribution in [0.3, 0.4) is 0 Å². The van der Waals surface area contributed by atoms with Crippen LogP contribution in [-0.2, 0) is 15.1 Å². The Bertz CT molecular complexity index is 1060. The monoisotopic (exact) mass is 428 g/mol. The number of benzene rings is 1. The SMILES string of the molecule is CCOc1cnc(C(=O)Nc2ccc(F)c(C34COCC3C(=O)N(C)C(N)=N4)c2)cn1. The van der Waals surface area contributed by atoms with Crippen LogP contribution < -0.4 is 15.8 Å². The number of hydrogen-bond donors (Lipinski definition) is 2. The highest BCUT2D eigenvalue weighted by Crippen LogP contribution is 2.44. The molecule has 2 aliphatic heterocycles. The third-order valence-corrected chi connectivity index (χ3v) is 5.31. The predicted molar refractivity (Wildman–Crippen MR) is 108 cm³/mol. The molecule has 2 aromatic rings. The number of aromatic nitrogens is 2. The molecule has 10 nitrogen and oxygen atoms in total. The number of carbonyl (C=O) groups is 2. The van der Waals surface area contributed by atoms with E-state index in [1.165, 1.54) is 42.5 Å². The van der Waals surface area contributed by atoms with Gasteiger partial charge in [0.2, 0.25) is 11.8 Å². The minimum absolute atomic E-state index is 0.00334. The Morgan fingerprint density at radius 2 is 2.23 bits per heavy atom. The standard InChI is InChI=1S/C20H21FN6O4/c1-3-31-16-8-23-15(7-24-16)17(28)25-11-4-5-14(21)12(6-11)20-10-30-9-13(20)18(29)27(2)19(22)26-20/h4-8,13H,3,9-10H2,1-2H3,(H2,22,26)(H,25,28). The molecule has 0 spiro atoms. The van der Waals surface area contributed by atoms with Crippen LogP contribution in [0.5, 0.6) is 5.88 Å². The minimum Gasteiger partial charge on any atom is -0.477 e. The van der Waals surface area contributed by atoms with Crippen molar-refractivity contribution in [2.45, 2.75) is 12.5 Å². The number of halogens is 1. The largest absolute Gasteiger partial charge is 0.477 e. The first-order chi connectivity index (χ1) is 14.9. The van der Waals surface area contributed by atoms with Gasteiger partial charge in [-0.15, -0.1) is 0 Å². The van der Waals surface area contributed by atoms with Crippen LogP contribution in [-0.4, -0.2) is 59.5 Å². The maximum absolute atomic E-state index is 14.9. The van der Waals surface area contributed by atoms with E-state index in [4.69, 9.17) is 15.2 Å². The molecule has 2 atom stereocenters. The van der Waals surface area contributed by atoms with E-state index in [2.05, 4.69) is 20.3 Å². The quantitative estimate of drug-likeness (QED) is 0.723. The number of rotatable bonds is 5.